The molecule has 5 rings (SSSR count). The van der Waals surface area contributed by atoms with E-state index in [0.717, 1.165) is 12.8 Å². The number of aromatic nitrogens is 6. The summed E-state index contributed by atoms with van der Waals surface area (Å²) in [7, 11) is 0. The van der Waals surface area contributed by atoms with Crippen molar-refractivity contribution in [3.63, 3.8) is 0 Å². The van der Waals surface area contributed by atoms with Crippen molar-refractivity contribution in [2.45, 2.75) is 44.9 Å². The van der Waals surface area contributed by atoms with E-state index in [-0.39, 0.29) is 29.8 Å². The van der Waals surface area contributed by atoms with Gasteiger partial charge in [-0.25, -0.2) is 9.79 Å². The molecule has 2 atom stereocenters. The molecule has 1 saturated carbocycles. The average Bonchev–Trinajstić information content (AvgIpc) is 3.29. The average molecular weight is 398 g/mol. The first-order valence-electron chi connectivity index (χ1n) is 9.69. The number of H-pyrrole nitrogens is 2. The van der Waals surface area contributed by atoms with Gasteiger partial charge < -0.3 is 19.7 Å². The second-order valence-electron chi connectivity index (χ2n) is 7.67. The maximum atomic E-state index is 11.4. The van der Waals surface area contributed by atoms with Crippen LogP contribution in [-0.2, 0) is 4.74 Å². The van der Waals surface area contributed by atoms with Gasteiger partial charge in [-0.2, -0.15) is 19.6 Å². The Kier molecular flexibility index (Phi) is 4.12. The lowest BCUT2D eigenvalue weighted by Gasteiger charge is -2.35. The van der Waals surface area contributed by atoms with Crippen LogP contribution in [0.25, 0.3) is 11.7 Å². The Morgan fingerprint density at radius 1 is 1.24 bits per heavy atom. The minimum atomic E-state index is -0.485. The molecule has 2 unspecified atom stereocenters. The number of nitrogens with zero attached hydrogens (tertiary/aromatic N) is 6. The topological polar surface area (TPSA) is 137 Å². The van der Waals surface area contributed by atoms with E-state index >= 15 is 0 Å². The molecule has 0 bridgehead atoms. The third kappa shape index (κ3) is 3.48. The van der Waals surface area contributed by atoms with Crippen LogP contribution in [0.15, 0.2) is 16.0 Å². The van der Waals surface area contributed by atoms with Gasteiger partial charge in [-0.15, -0.1) is 0 Å². The normalized spacial score (nSPS) is 24.0. The fourth-order valence-corrected chi connectivity index (χ4v) is 3.55. The number of aromatic hydroxyl groups is 1. The molecule has 3 N–H and O–H groups in total. The van der Waals surface area contributed by atoms with E-state index in [0.29, 0.717) is 35.5 Å². The molecular formula is C18H22N8O3. The van der Waals surface area contributed by atoms with Gasteiger partial charge in [0.15, 0.2) is 5.65 Å². The summed E-state index contributed by atoms with van der Waals surface area (Å²) < 4.78 is 7.42. The number of ether oxygens (including phenoxy) is 1. The van der Waals surface area contributed by atoms with Gasteiger partial charge in [0.25, 0.3) is 5.62 Å². The summed E-state index contributed by atoms with van der Waals surface area (Å²) in [6, 6.07) is 0.269. The van der Waals surface area contributed by atoms with Crippen LogP contribution >= 0.6 is 0 Å². The molecule has 152 valence electrons. The number of imidazole rings is 1. The van der Waals surface area contributed by atoms with E-state index < -0.39 is 5.69 Å². The maximum Gasteiger partial charge on any atom is 0.326 e. The van der Waals surface area contributed by atoms with Gasteiger partial charge in [0, 0.05) is 18.3 Å². The van der Waals surface area contributed by atoms with E-state index in [2.05, 4.69) is 25.0 Å². The van der Waals surface area contributed by atoms with Gasteiger partial charge in [-0.05, 0) is 32.8 Å². The van der Waals surface area contributed by atoms with E-state index in [9.17, 15) is 9.90 Å². The number of anilines is 1. The molecule has 0 radical (unpaired) electrons. The Balaban J connectivity index is 1.69. The van der Waals surface area contributed by atoms with Crippen LogP contribution < -0.4 is 21.4 Å². The number of hydrogen-bond acceptors (Lipinski definition) is 8. The Labute approximate surface area is 164 Å². The lowest BCUT2D eigenvalue weighted by Crippen LogP contribution is -2.47. The number of fused-ring (bicyclic) bond motifs is 1. The molecule has 2 fully saturated rings. The summed E-state index contributed by atoms with van der Waals surface area (Å²) in [6.45, 7) is 5.42. The summed E-state index contributed by atoms with van der Waals surface area (Å²) in [4.78, 5) is 32.5. The molecular weight excluding hydrogens is 376 g/mol. The second-order valence-corrected chi connectivity index (χ2v) is 7.67. The van der Waals surface area contributed by atoms with Gasteiger partial charge in [-0.1, -0.05) is 0 Å². The quantitative estimate of drug-likeness (QED) is 0.518. The highest BCUT2D eigenvalue weighted by Gasteiger charge is 2.26. The first kappa shape index (κ1) is 17.9. The molecule has 1 aliphatic carbocycles. The fraction of sp³-hybridized carbons (Fsp3) is 0.500. The van der Waals surface area contributed by atoms with Gasteiger partial charge >= 0.3 is 5.69 Å². The Morgan fingerprint density at radius 3 is 2.66 bits per heavy atom. The lowest BCUT2D eigenvalue weighted by atomic mass is 10.2. The van der Waals surface area contributed by atoms with Crippen molar-refractivity contribution in [2.75, 3.05) is 18.0 Å². The molecule has 3 aromatic heterocycles. The first-order chi connectivity index (χ1) is 14.0. The molecule has 0 amide bonds. The predicted octanol–water partition coefficient (Wildman–Crippen LogP) is -0.929. The van der Waals surface area contributed by atoms with Crippen molar-refractivity contribution in [1.82, 2.24) is 29.5 Å². The van der Waals surface area contributed by atoms with Crippen LogP contribution in [0.1, 0.15) is 32.4 Å². The lowest BCUT2D eigenvalue weighted by molar-refractivity contribution is -0.00574. The number of nitrogens with one attached hydrogen (secondary N) is 2. The van der Waals surface area contributed by atoms with Crippen LogP contribution in [0.4, 0.5) is 5.95 Å². The zero-order valence-corrected chi connectivity index (χ0v) is 16.2. The minimum Gasteiger partial charge on any atom is -0.493 e. The van der Waals surface area contributed by atoms with Gasteiger partial charge in [-0.3, -0.25) is 4.98 Å². The summed E-state index contributed by atoms with van der Waals surface area (Å²) in [5, 5.41) is 14.9. The van der Waals surface area contributed by atoms with Gasteiger partial charge in [0.2, 0.25) is 11.8 Å². The maximum absolute atomic E-state index is 11.4. The SMILES string of the molecule is CC1CN(c2nc(=NC3CC3)n3nc/c(=C/c4[nH]c(=O)[nH]c4O)c3n2)CC(C)O1. The molecule has 29 heavy (non-hydrogen) atoms. The molecule has 2 aliphatic rings. The molecule has 4 heterocycles. The Hall–Kier alpha value is -3.21. The van der Waals surface area contributed by atoms with E-state index in [1.807, 2.05) is 13.8 Å². The van der Waals surface area contributed by atoms with Gasteiger partial charge in [0.1, 0.15) is 5.69 Å². The van der Waals surface area contributed by atoms with E-state index in [4.69, 9.17) is 14.7 Å². The summed E-state index contributed by atoms with van der Waals surface area (Å²) in [6.07, 6.45) is 5.48. The summed E-state index contributed by atoms with van der Waals surface area (Å²) >= 11 is 0. The third-order valence-corrected chi connectivity index (χ3v) is 4.95. The summed E-state index contributed by atoms with van der Waals surface area (Å²) in [5.41, 5.74) is 0.842. The fourth-order valence-electron chi connectivity index (χ4n) is 3.55. The zero-order valence-electron chi connectivity index (χ0n) is 16.2. The van der Waals surface area contributed by atoms with Crippen molar-refractivity contribution >= 4 is 17.7 Å². The highest BCUT2D eigenvalue weighted by molar-refractivity contribution is 5.57. The number of rotatable bonds is 3. The van der Waals surface area contributed by atoms with Crippen molar-refractivity contribution < 1.29 is 9.84 Å². The largest absolute Gasteiger partial charge is 0.493 e. The van der Waals surface area contributed by atoms with Crippen molar-refractivity contribution in [2.24, 2.45) is 4.99 Å². The number of aromatic amines is 2. The van der Waals surface area contributed by atoms with Crippen molar-refractivity contribution in [1.29, 1.82) is 0 Å². The molecule has 3 aromatic rings. The number of morpholine rings is 1. The van der Waals surface area contributed by atoms with Crippen molar-refractivity contribution in [3.8, 4) is 5.88 Å². The molecule has 1 saturated heterocycles. The monoisotopic (exact) mass is 398 g/mol. The standard InChI is InChI=1S/C18H22N8O3/c1-9-7-25(8-10(2)29-9)16-22-14-11(5-13-15(27)23-18(28)21-13)6-19-26(14)17(24-16)20-12-3-4-12/h5-6,9-10,12,27H,3-4,7-8H2,1-2H3,(H2,21,23,28)/b11-5-,20-17?. The minimum absolute atomic E-state index is 0.0696. The highest BCUT2D eigenvalue weighted by Crippen LogP contribution is 2.22. The van der Waals surface area contributed by atoms with E-state index in [1.54, 1.807) is 16.8 Å². The molecule has 0 aromatic carbocycles. The van der Waals surface area contributed by atoms with Crippen LogP contribution in [0, 0.1) is 0 Å². The predicted molar refractivity (Wildman–Crippen MR) is 103 cm³/mol. The molecule has 0 spiro atoms. The molecule has 11 heteroatoms. The van der Waals surface area contributed by atoms with Gasteiger partial charge in [0.05, 0.1) is 24.4 Å². The van der Waals surface area contributed by atoms with Crippen LogP contribution in [0.3, 0.4) is 0 Å². The van der Waals surface area contributed by atoms with Crippen LogP contribution in [0.2, 0.25) is 0 Å². The molecule has 11 nitrogen and oxygen atoms in total. The third-order valence-electron chi connectivity index (χ3n) is 4.95. The van der Waals surface area contributed by atoms with Crippen LogP contribution in [-0.4, -0.2) is 66.0 Å². The Morgan fingerprint density at radius 2 is 2.00 bits per heavy atom. The Bertz CT molecular complexity index is 1230. The van der Waals surface area contributed by atoms with Crippen LogP contribution in [0.5, 0.6) is 5.88 Å². The zero-order chi connectivity index (χ0) is 20.1. The number of hydrogen-bond donors (Lipinski definition) is 3. The smallest absolute Gasteiger partial charge is 0.326 e. The second kappa shape index (κ2) is 6.69. The molecule has 1 aliphatic heterocycles. The summed E-state index contributed by atoms with van der Waals surface area (Å²) in [5.74, 6) is 0.336. The van der Waals surface area contributed by atoms with Crippen molar-refractivity contribution in [3.05, 3.63) is 33.2 Å². The first-order valence-corrected chi connectivity index (χ1v) is 9.69. The van der Waals surface area contributed by atoms with E-state index in [1.165, 1.54) is 0 Å². The highest BCUT2D eigenvalue weighted by atomic mass is 16.5.